The van der Waals surface area contributed by atoms with Crippen molar-refractivity contribution in [2.75, 3.05) is 6.61 Å². The summed E-state index contributed by atoms with van der Waals surface area (Å²) in [5, 5.41) is 0. The standard InChI is InChI=1S/C21H30O7S/c1-13(22)28-15-7-10-21(12-27-29(24,25)26)14(11-15)3-4-16-17-5-6-19(23)20(17,2)9-8-18(16)21/h3,15-18H,4-12H2,1-2H3,(H,24,25,26)/t15-,16-,17-,18-,20+,21-/m1/s1. The lowest BCUT2D eigenvalue weighted by atomic mass is 9.47. The summed E-state index contributed by atoms with van der Waals surface area (Å²) >= 11 is 0. The van der Waals surface area contributed by atoms with Gasteiger partial charge in [0.15, 0.2) is 0 Å². The van der Waals surface area contributed by atoms with Crippen molar-refractivity contribution in [3.8, 4) is 0 Å². The van der Waals surface area contributed by atoms with E-state index in [0.717, 1.165) is 31.3 Å². The monoisotopic (exact) mass is 426 g/mol. The number of carbonyl (C=O) groups is 2. The third-order valence-corrected chi connectivity index (χ3v) is 8.71. The second-order valence-corrected chi connectivity index (χ2v) is 10.7. The first-order chi connectivity index (χ1) is 13.6. The van der Waals surface area contributed by atoms with Crippen molar-refractivity contribution >= 4 is 22.2 Å². The first-order valence-electron chi connectivity index (χ1n) is 10.6. The largest absolute Gasteiger partial charge is 0.462 e. The van der Waals surface area contributed by atoms with Crippen molar-refractivity contribution in [1.82, 2.24) is 0 Å². The molecular weight excluding hydrogens is 396 g/mol. The van der Waals surface area contributed by atoms with Gasteiger partial charge < -0.3 is 4.74 Å². The topological polar surface area (TPSA) is 107 Å². The Hall–Kier alpha value is -1.25. The molecule has 1 N–H and O–H groups in total. The van der Waals surface area contributed by atoms with Crippen LogP contribution in [0.1, 0.15) is 65.2 Å². The summed E-state index contributed by atoms with van der Waals surface area (Å²) in [5.74, 6) is 0.854. The molecule has 6 atom stereocenters. The summed E-state index contributed by atoms with van der Waals surface area (Å²) in [7, 11) is -4.55. The average Bonchev–Trinajstić information content (AvgIpc) is 2.94. The number of ether oxygens (including phenoxy) is 1. The summed E-state index contributed by atoms with van der Waals surface area (Å²) in [6, 6.07) is 0. The molecule has 3 saturated carbocycles. The highest BCUT2D eigenvalue weighted by Gasteiger charge is 2.60. The molecule has 0 aromatic rings. The number of fused-ring (bicyclic) bond motifs is 5. The predicted octanol–water partition coefficient (Wildman–Crippen LogP) is 3.25. The van der Waals surface area contributed by atoms with E-state index in [0.29, 0.717) is 43.3 Å². The summed E-state index contributed by atoms with van der Waals surface area (Å²) in [6.07, 6.45) is 7.83. The summed E-state index contributed by atoms with van der Waals surface area (Å²) in [4.78, 5) is 24.0. The van der Waals surface area contributed by atoms with Crippen LogP contribution in [0.4, 0.5) is 0 Å². The molecule has 4 aliphatic carbocycles. The van der Waals surface area contributed by atoms with E-state index >= 15 is 0 Å². The fraction of sp³-hybridized carbons (Fsp3) is 0.810. The lowest BCUT2D eigenvalue weighted by Crippen LogP contribution is -2.53. The zero-order chi connectivity index (χ0) is 21.0. The highest BCUT2D eigenvalue weighted by atomic mass is 32.3. The number of hydrogen-bond donors (Lipinski definition) is 1. The highest BCUT2D eigenvalue weighted by Crippen LogP contribution is 2.64. The van der Waals surface area contributed by atoms with E-state index < -0.39 is 15.8 Å². The smallest absolute Gasteiger partial charge is 0.397 e. The molecule has 0 aromatic carbocycles. The Kier molecular flexibility index (Phi) is 5.19. The maximum absolute atomic E-state index is 12.6. The lowest BCUT2D eigenvalue weighted by Gasteiger charge is -2.57. The molecule has 4 rings (SSSR count). The van der Waals surface area contributed by atoms with E-state index in [9.17, 15) is 22.6 Å². The molecule has 0 aliphatic heterocycles. The molecule has 0 bridgehead atoms. The van der Waals surface area contributed by atoms with Crippen LogP contribution in [0, 0.1) is 28.6 Å². The van der Waals surface area contributed by atoms with Crippen LogP contribution >= 0.6 is 0 Å². The number of hydrogen-bond acceptors (Lipinski definition) is 6. The first-order valence-corrected chi connectivity index (χ1v) is 11.9. The molecule has 8 heteroatoms. The molecule has 7 nitrogen and oxygen atoms in total. The van der Waals surface area contributed by atoms with Crippen LogP contribution in [0.2, 0.25) is 0 Å². The number of ketones is 1. The molecule has 0 saturated heterocycles. The molecule has 3 fully saturated rings. The van der Waals surface area contributed by atoms with Crippen molar-refractivity contribution in [3.63, 3.8) is 0 Å². The average molecular weight is 427 g/mol. The lowest BCUT2D eigenvalue weighted by molar-refractivity contribution is -0.149. The number of rotatable bonds is 4. The molecule has 0 unspecified atom stereocenters. The molecule has 29 heavy (non-hydrogen) atoms. The second kappa shape index (κ2) is 7.17. The fourth-order valence-corrected chi connectivity index (χ4v) is 7.34. The highest BCUT2D eigenvalue weighted by molar-refractivity contribution is 7.80. The fourth-order valence-electron chi connectivity index (χ4n) is 6.98. The molecule has 0 heterocycles. The van der Waals surface area contributed by atoms with Gasteiger partial charge in [-0.15, -0.1) is 0 Å². The molecular formula is C21H30O7S. The maximum Gasteiger partial charge on any atom is 0.397 e. The van der Waals surface area contributed by atoms with E-state index in [4.69, 9.17) is 8.92 Å². The van der Waals surface area contributed by atoms with Crippen molar-refractivity contribution in [3.05, 3.63) is 11.6 Å². The van der Waals surface area contributed by atoms with E-state index in [-0.39, 0.29) is 30.0 Å². The number of carbonyl (C=O) groups excluding carboxylic acids is 2. The van der Waals surface area contributed by atoms with Crippen LogP contribution in [-0.2, 0) is 28.9 Å². The van der Waals surface area contributed by atoms with Gasteiger partial charge in [-0.3, -0.25) is 14.1 Å². The number of allylic oxidation sites excluding steroid dienone is 1. The van der Waals surface area contributed by atoms with Gasteiger partial charge in [0.05, 0.1) is 6.61 Å². The molecule has 0 radical (unpaired) electrons. The molecule has 162 valence electrons. The van der Waals surface area contributed by atoms with Crippen molar-refractivity contribution in [2.24, 2.45) is 28.6 Å². The van der Waals surface area contributed by atoms with Gasteiger partial charge in [-0.1, -0.05) is 18.6 Å². The minimum Gasteiger partial charge on any atom is -0.462 e. The van der Waals surface area contributed by atoms with Gasteiger partial charge in [0, 0.05) is 30.6 Å². The van der Waals surface area contributed by atoms with Crippen LogP contribution in [-0.4, -0.2) is 37.4 Å². The normalized spacial score (nSPS) is 41.8. The summed E-state index contributed by atoms with van der Waals surface area (Å²) in [6.45, 7) is 3.40. The zero-order valence-corrected chi connectivity index (χ0v) is 17.9. The maximum atomic E-state index is 12.6. The molecule has 0 amide bonds. The summed E-state index contributed by atoms with van der Waals surface area (Å²) < 4.78 is 42.4. The van der Waals surface area contributed by atoms with Crippen LogP contribution in [0.3, 0.4) is 0 Å². The second-order valence-electron chi connectivity index (χ2n) is 9.58. The number of Topliss-reactive ketones (excluding diaryl/α,β-unsaturated/α-hetero) is 1. The Morgan fingerprint density at radius 1 is 1.24 bits per heavy atom. The SMILES string of the molecule is CC(=O)O[C@@H]1CC[C@@]2(COS(=O)(=O)O)C(=CC[C@H]3[C@H]2CC[C@]2(C)C(=O)CC[C@H]32)C1. The van der Waals surface area contributed by atoms with E-state index in [1.807, 2.05) is 0 Å². The third kappa shape index (κ3) is 3.57. The Morgan fingerprint density at radius 2 is 2.00 bits per heavy atom. The van der Waals surface area contributed by atoms with Gasteiger partial charge >= 0.3 is 16.4 Å². The van der Waals surface area contributed by atoms with Gasteiger partial charge in [0.2, 0.25) is 0 Å². The zero-order valence-electron chi connectivity index (χ0n) is 17.1. The van der Waals surface area contributed by atoms with Gasteiger partial charge in [-0.2, -0.15) is 8.42 Å². The van der Waals surface area contributed by atoms with E-state index in [2.05, 4.69) is 13.0 Å². The predicted molar refractivity (Wildman–Crippen MR) is 104 cm³/mol. The van der Waals surface area contributed by atoms with Crippen molar-refractivity contribution in [2.45, 2.75) is 71.3 Å². The first kappa shape index (κ1) is 21.0. The van der Waals surface area contributed by atoms with Gasteiger partial charge in [-0.25, -0.2) is 4.18 Å². The van der Waals surface area contributed by atoms with Gasteiger partial charge in [0.25, 0.3) is 0 Å². The minimum atomic E-state index is -4.55. The third-order valence-electron chi connectivity index (χ3n) is 8.29. The van der Waals surface area contributed by atoms with Gasteiger partial charge in [-0.05, 0) is 56.3 Å². The van der Waals surface area contributed by atoms with Crippen molar-refractivity contribution < 1.29 is 31.5 Å². The Bertz CT molecular complexity index is 847. The van der Waals surface area contributed by atoms with Crippen molar-refractivity contribution in [1.29, 1.82) is 0 Å². The Morgan fingerprint density at radius 3 is 2.69 bits per heavy atom. The number of esters is 1. The van der Waals surface area contributed by atoms with Gasteiger partial charge in [0.1, 0.15) is 11.9 Å². The van der Waals surface area contributed by atoms with E-state index in [1.54, 1.807) is 0 Å². The Labute approximate surface area is 172 Å². The summed E-state index contributed by atoms with van der Waals surface area (Å²) in [5.41, 5.74) is 0.308. The minimum absolute atomic E-state index is 0.0942. The quantitative estimate of drug-likeness (QED) is 0.418. The Balaban J connectivity index is 1.67. The van der Waals surface area contributed by atoms with Crippen LogP contribution in [0.15, 0.2) is 11.6 Å². The van der Waals surface area contributed by atoms with Crippen LogP contribution < -0.4 is 0 Å². The molecule has 0 spiro atoms. The van der Waals surface area contributed by atoms with Crippen LogP contribution in [0.5, 0.6) is 0 Å². The van der Waals surface area contributed by atoms with Crippen LogP contribution in [0.25, 0.3) is 0 Å². The van der Waals surface area contributed by atoms with E-state index in [1.165, 1.54) is 6.92 Å². The molecule has 0 aromatic heterocycles. The molecule has 4 aliphatic rings.